The minimum atomic E-state index is -1.00. The maximum atomic E-state index is 12.0. The summed E-state index contributed by atoms with van der Waals surface area (Å²) in [5.74, 6) is -0.00248. The van der Waals surface area contributed by atoms with Crippen LogP contribution < -0.4 is 0 Å². The molecular formula is C16H29NO3. The summed E-state index contributed by atoms with van der Waals surface area (Å²) in [4.78, 5) is 25.5. The Morgan fingerprint density at radius 3 is 2.30 bits per heavy atom. The van der Waals surface area contributed by atoms with Crippen LogP contribution in [0.2, 0.25) is 0 Å². The number of carbonyl (C=O) groups is 2. The van der Waals surface area contributed by atoms with Gasteiger partial charge in [-0.05, 0) is 44.9 Å². The zero-order chi connectivity index (χ0) is 15.5. The lowest BCUT2D eigenvalue weighted by Crippen LogP contribution is -2.61. The molecule has 1 amide bonds. The Kier molecular flexibility index (Phi) is 5.60. The van der Waals surface area contributed by atoms with Gasteiger partial charge in [0.1, 0.15) is 5.54 Å². The zero-order valence-corrected chi connectivity index (χ0v) is 13.5. The van der Waals surface area contributed by atoms with Crippen LogP contribution >= 0.6 is 0 Å². The van der Waals surface area contributed by atoms with E-state index in [0.717, 1.165) is 19.3 Å². The maximum Gasteiger partial charge on any atom is 0.329 e. The summed E-state index contributed by atoms with van der Waals surface area (Å²) in [6.07, 6.45) is 4.18. The van der Waals surface area contributed by atoms with Crippen molar-refractivity contribution in [2.75, 3.05) is 0 Å². The lowest BCUT2D eigenvalue weighted by atomic mass is 9.71. The topological polar surface area (TPSA) is 57.6 Å². The number of amides is 1. The zero-order valence-electron chi connectivity index (χ0n) is 13.5. The first-order valence-corrected chi connectivity index (χ1v) is 7.74. The van der Waals surface area contributed by atoms with Gasteiger partial charge in [-0.25, -0.2) is 4.79 Å². The van der Waals surface area contributed by atoms with E-state index < -0.39 is 11.5 Å². The first-order chi connectivity index (χ1) is 9.20. The molecule has 0 aromatic rings. The second-order valence-electron chi connectivity index (χ2n) is 6.91. The summed E-state index contributed by atoms with van der Waals surface area (Å²) in [5, 5.41) is 9.81. The number of nitrogens with zero attached hydrogens (tertiary/aromatic N) is 1. The first-order valence-electron chi connectivity index (χ1n) is 7.74. The van der Waals surface area contributed by atoms with E-state index in [1.54, 1.807) is 4.90 Å². The molecule has 1 aliphatic rings. The van der Waals surface area contributed by atoms with E-state index in [-0.39, 0.29) is 11.9 Å². The highest BCUT2D eigenvalue weighted by Crippen LogP contribution is 2.40. The first kappa shape index (κ1) is 17.0. The molecule has 0 aromatic heterocycles. The van der Waals surface area contributed by atoms with E-state index in [0.29, 0.717) is 24.7 Å². The van der Waals surface area contributed by atoms with Gasteiger partial charge in [-0.2, -0.15) is 0 Å². The minimum absolute atomic E-state index is 0.0820. The van der Waals surface area contributed by atoms with Crippen LogP contribution in [-0.4, -0.2) is 33.5 Å². The molecule has 2 unspecified atom stereocenters. The van der Waals surface area contributed by atoms with E-state index >= 15 is 0 Å². The van der Waals surface area contributed by atoms with Gasteiger partial charge in [0.2, 0.25) is 5.91 Å². The van der Waals surface area contributed by atoms with Crippen LogP contribution in [0.5, 0.6) is 0 Å². The average Bonchev–Trinajstić information content (AvgIpc) is 2.26. The van der Waals surface area contributed by atoms with E-state index in [1.165, 1.54) is 6.92 Å². The molecule has 1 fully saturated rings. The van der Waals surface area contributed by atoms with Gasteiger partial charge in [-0.1, -0.05) is 26.7 Å². The number of hydrogen-bond acceptors (Lipinski definition) is 2. The molecule has 0 bridgehead atoms. The van der Waals surface area contributed by atoms with Crippen molar-refractivity contribution in [3.8, 4) is 0 Å². The number of aliphatic carboxylic acids is 1. The normalized spacial score (nSPS) is 26.9. The highest BCUT2D eigenvalue weighted by molar-refractivity contribution is 5.86. The van der Waals surface area contributed by atoms with E-state index in [1.807, 2.05) is 13.8 Å². The van der Waals surface area contributed by atoms with E-state index in [2.05, 4.69) is 13.8 Å². The van der Waals surface area contributed by atoms with E-state index in [9.17, 15) is 14.7 Å². The number of carbonyl (C=O) groups excluding carboxylic acids is 1. The van der Waals surface area contributed by atoms with Crippen molar-refractivity contribution in [2.45, 2.75) is 78.3 Å². The predicted octanol–water partition coefficient (Wildman–Crippen LogP) is 3.30. The number of hydrogen-bond donors (Lipinski definition) is 1. The van der Waals surface area contributed by atoms with Gasteiger partial charge in [0, 0.05) is 13.0 Å². The van der Waals surface area contributed by atoms with Gasteiger partial charge < -0.3 is 10.0 Å². The molecule has 0 saturated heterocycles. The van der Waals surface area contributed by atoms with Gasteiger partial charge in [0.05, 0.1) is 0 Å². The Hall–Kier alpha value is -1.06. The summed E-state index contributed by atoms with van der Waals surface area (Å²) >= 11 is 0. The summed E-state index contributed by atoms with van der Waals surface area (Å²) in [6, 6.07) is -0.0820. The highest BCUT2D eigenvalue weighted by atomic mass is 16.4. The second-order valence-corrected chi connectivity index (χ2v) is 6.91. The molecule has 116 valence electrons. The fourth-order valence-electron chi connectivity index (χ4n) is 3.91. The lowest BCUT2D eigenvalue weighted by Gasteiger charge is -2.47. The summed E-state index contributed by atoms with van der Waals surface area (Å²) in [7, 11) is 0. The van der Waals surface area contributed by atoms with Crippen molar-refractivity contribution in [1.29, 1.82) is 0 Å². The highest BCUT2D eigenvalue weighted by Gasteiger charge is 2.49. The molecule has 1 saturated carbocycles. The van der Waals surface area contributed by atoms with Crippen LogP contribution in [0, 0.1) is 11.8 Å². The monoisotopic (exact) mass is 283 g/mol. The van der Waals surface area contributed by atoms with Crippen LogP contribution in [0.1, 0.15) is 66.7 Å². The number of carboxylic acid groups (broad SMARTS) is 1. The molecule has 20 heavy (non-hydrogen) atoms. The molecule has 0 radical (unpaired) electrons. The molecule has 0 aromatic carbocycles. The standard InChI is InChI=1S/C16H29NO3/c1-11(2)9-14-7-6-8-16(10-14,15(19)20)17(12(3)4)13(5)18/h11-12,14H,6-10H2,1-5H3,(H,19,20). The van der Waals surface area contributed by atoms with Crippen molar-refractivity contribution in [3.63, 3.8) is 0 Å². The molecule has 0 aliphatic heterocycles. The fourth-order valence-corrected chi connectivity index (χ4v) is 3.91. The molecule has 1 aliphatic carbocycles. The molecule has 1 N–H and O–H groups in total. The molecule has 2 atom stereocenters. The van der Waals surface area contributed by atoms with Gasteiger partial charge >= 0.3 is 5.97 Å². The Bertz CT molecular complexity index is 365. The third kappa shape index (κ3) is 3.53. The van der Waals surface area contributed by atoms with Crippen molar-refractivity contribution in [2.24, 2.45) is 11.8 Å². The Labute approximate surface area is 122 Å². The van der Waals surface area contributed by atoms with Gasteiger partial charge in [0.25, 0.3) is 0 Å². The fraction of sp³-hybridized carbons (Fsp3) is 0.875. The maximum absolute atomic E-state index is 12.0. The quantitative estimate of drug-likeness (QED) is 0.842. The summed E-state index contributed by atoms with van der Waals surface area (Å²) in [6.45, 7) is 9.62. The number of carboxylic acids is 1. The molecule has 1 rings (SSSR count). The largest absolute Gasteiger partial charge is 0.479 e. The third-order valence-corrected chi connectivity index (χ3v) is 4.35. The Morgan fingerprint density at radius 2 is 1.90 bits per heavy atom. The molecule has 4 nitrogen and oxygen atoms in total. The molecular weight excluding hydrogens is 254 g/mol. The number of rotatable bonds is 5. The SMILES string of the molecule is CC(=O)N(C(C)C)C1(C(=O)O)CCCC(CC(C)C)C1. The summed E-state index contributed by atoms with van der Waals surface area (Å²) < 4.78 is 0. The minimum Gasteiger partial charge on any atom is -0.479 e. The van der Waals surface area contributed by atoms with Crippen LogP contribution in [0.4, 0.5) is 0 Å². The van der Waals surface area contributed by atoms with Crippen LogP contribution in [0.3, 0.4) is 0 Å². The van der Waals surface area contributed by atoms with Crippen LogP contribution in [0.15, 0.2) is 0 Å². The van der Waals surface area contributed by atoms with Gasteiger partial charge in [0.15, 0.2) is 0 Å². The van der Waals surface area contributed by atoms with Crippen molar-refractivity contribution in [3.05, 3.63) is 0 Å². The predicted molar refractivity (Wildman–Crippen MR) is 79.4 cm³/mol. The molecule has 0 spiro atoms. The van der Waals surface area contributed by atoms with Gasteiger partial charge in [-0.15, -0.1) is 0 Å². The lowest BCUT2D eigenvalue weighted by molar-refractivity contribution is -0.165. The Balaban J connectivity index is 3.07. The van der Waals surface area contributed by atoms with Crippen LogP contribution in [0.25, 0.3) is 0 Å². The van der Waals surface area contributed by atoms with Crippen LogP contribution in [-0.2, 0) is 9.59 Å². The third-order valence-electron chi connectivity index (χ3n) is 4.35. The van der Waals surface area contributed by atoms with Crippen molar-refractivity contribution < 1.29 is 14.7 Å². The van der Waals surface area contributed by atoms with Crippen molar-refractivity contribution in [1.82, 2.24) is 4.90 Å². The van der Waals surface area contributed by atoms with Gasteiger partial charge in [-0.3, -0.25) is 4.79 Å². The molecule has 0 heterocycles. The average molecular weight is 283 g/mol. The van der Waals surface area contributed by atoms with E-state index in [4.69, 9.17) is 0 Å². The smallest absolute Gasteiger partial charge is 0.329 e. The summed E-state index contributed by atoms with van der Waals surface area (Å²) in [5.41, 5.74) is -1.00. The molecule has 4 heteroatoms. The second kappa shape index (κ2) is 6.59. The Morgan fingerprint density at radius 1 is 1.30 bits per heavy atom. The van der Waals surface area contributed by atoms with Crippen molar-refractivity contribution >= 4 is 11.9 Å².